The molecule has 11 aromatic carbocycles. The second-order valence-electron chi connectivity index (χ2n) is 37.2. The van der Waals surface area contributed by atoms with Gasteiger partial charge in [0.05, 0.1) is 0 Å². The van der Waals surface area contributed by atoms with Gasteiger partial charge in [-0.3, -0.25) is 0 Å². The Kier molecular flexibility index (Phi) is 22.0. The molecule has 0 saturated heterocycles. The largest absolute Gasteiger partial charge is 0.0561 e. The summed E-state index contributed by atoms with van der Waals surface area (Å²) in [6, 6.07) is 136. The van der Waals surface area contributed by atoms with Gasteiger partial charge in [-0.15, -0.1) is 0 Å². The molecule has 0 unspecified atom stereocenters. The third-order valence-corrected chi connectivity index (χ3v) is 20.0. The summed E-state index contributed by atoms with van der Waals surface area (Å²) in [6.45, 7) is 54.3. The van der Waals surface area contributed by atoms with E-state index in [1.54, 1.807) is 0 Å². The summed E-state index contributed by atoms with van der Waals surface area (Å²) in [5.74, 6) is 0. The first kappa shape index (κ1) is 78.8. The highest BCUT2D eigenvalue weighted by Gasteiger charge is 2.26. The summed E-state index contributed by atoms with van der Waals surface area (Å²) >= 11 is 0. The molecule has 0 heterocycles. The van der Waals surface area contributed by atoms with Crippen LogP contribution in [0.1, 0.15) is 211 Å². The van der Waals surface area contributed by atoms with Crippen LogP contribution >= 0.6 is 0 Å². The maximum atomic E-state index is 3.45. The molecule has 0 fully saturated rings. The molecule has 0 amide bonds. The Bertz CT molecular complexity index is 4890. The predicted molar refractivity (Wildman–Crippen MR) is 461 cm³/mol. The Hall–Kier alpha value is -12.3. The average molecular weight is 1420 g/mol. The van der Waals surface area contributed by atoms with Crippen molar-refractivity contribution in [3.05, 3.63) is 348 Å². The maximum absolute atomic E-state index is 3.45. The summed E-state index contributed by atoms with van der Waals surface area (Å²) in [5.41, 5.74) is 18.0. The molecule has 0 atom stereocenters. The van der Waals surface area contributed by atoms with Crippen molar-refractivity contribution in [1.29, 1.82) is 0 Å². The van der Waals surface area contributed by atoms with Crippen molar-refractivity contribution >= 4 is 64.6 Å². The lowest BCUT2D eigenvalue weighted by Crippen LogP contribution is -2.16. The van der Waals surface area contributed by atoms with Gasteiger partial charge in [-0.25, -0.2) is 0 Å². The minimum Gasteiger partial charge on any atom is -0.0561 e. The van der Waals surface area contributed by atoms with E-state index in [1.807, 2.05) is 36.4 Å². The smallest absolute Gasteiger partial charge is 0.0425 e. The molecular weight excluding hydrogens is 1320 g/mol. The van der Waals surface area contributed by atoms with Crippen LogP contribution in [-0.2, 0) is 43.3 Å². The first-order valence-electron chi connectivity index (χ1n) is 38.0. The molecule has 0 saturated carbocycles. The van der Waals surface area contributed by atoms with Crippen molar-refractivity contribution in [2.24, 2.45) is 0 Å². The summed E-state index contributed by atoms with van der Waals surface area (Å²) in [5, 5.41) is 8.14. The van der Waals surface area contributed by atoms with Crippen molar-refractivity contribution in [2.75, 3.05) is 0 Å². The normalized spacial score (nSPS) is 11.5. The van der Waals surface area contributed by atoms with Crippen LogP contribution in [0.5, 0.6) is 0 Å². The molecule has 110 heavy (non-hydrogen) atoms. The molecule has 0 aromatic heterocycles. The zero-order valence-electron chi connectivity index (χ0n) is 69.0. The monoisotopic (exact) mass is 1420 g/mol. The topological polar surface area (TPSA) is 0 Å². The van der Waals surface area contributed by atoms with Crippen LogP contribution in [0.15, 0.2) is 158 Å². The number of hydrogen-bond acceptors (Lipinski definition) is 0. The van der Waals surface area contributed by atoms with Gasteiger partial charge in [0.25, 0.3) is 0 Å². The van der Waals surface area contributed by atoms with E-state index in [4.69, 9.17) is 0 Å². The molecule has 0 radical (unpaired) electrons. The summed E-state index contributed by atoms with van der Waals surface area (Å²) in [7, 11) is 0. The molecule has 11 aromatic rings. The lowest BCUT2D eigenvalue weighted by molar-refractivity contribution is 0.568. The van der Waals surface area contributed by atoms with Crippen LogP contribution in [0.25, 0.3) is 109 Å². The van der Waals surface area contributed by atoms with Crippen LogP contribution in [-0.4, -0.2) is 0 Å². The summed E-state index contributed by atoms with van der Waals surface area (Å²) < 4.78 is 0. The quantitative estimate of drug-likeness (QED) is 0.165. The second-order valence-corrected chi connectivity index (χ2v) is 37.2. The average Bonchev–Trinajstić information content (AvgIpc) is 0.804. The van der Waals surface area contributed by atoms with Gasteiger partial charge in [0, 0.05) is 64.6 Å². The summed E-state index contributed by atoms with van der Waals surface area (Å²) in [4.78, 5) is 0. The van der Waals surface area contributed by atoms with Gasteiger partial charge >= 0.3 is 0 Å². The molecule has 0 aliphatic heterocycles. The zero-order chi connectivity index (χ0) is 79.5. The first-order chi connectivity index (χ1) is 51.5. The number of rotatable bonds is 4. The Morgan fingerprint density at radius 3 is 0.391 bits per heavy atom. The molecule has 0 nitrogen and oxygen atoms in total. The van der Waals surface area contributed by atoms with Crippen LogP contribution in [0.3, 0.4) is 0 Å². The van der Waals surface area contributed by atoms with Gasteiger partial charge in [-0.2, -0.15) is 0 Å². The Morgan fingerprint density at radius 1 is 0.127 bits per heavy atom. The van der Waals surface area contributed by atoms with Crippen molar-refractivity contribution in [1.82, 2.24) is 0 Å². The van der Waals surface area contributed by atoms with Gasteiger partial charge in [0.1, 0.15) is 0 Å². The van der Waals surface area contributed by atoms with Gasteiger partial charge in [-0.05, 0) is 266 Å². The van der Waals surface area contributed by atoms with Gasteiger partial charge in [0.15, 0.2) is 0 Å². The lowest BCUT2D eigenvalue weighted by Gasteiger charge is -2.26. The number of fused-ring (bicyclic) bond motifs is 6. The van der Waals surface area contributed by atoms with E-state index in [0.29, 0.717) is 21.5 Å². The van der Waals surface area contributed by atoms with E-state index in [9.17, 15) is 0 Å². The molecule has 0 heteroatoms. The second kappa shape index (κ2) is 30.8. The molecule has 538 valence electrons. The highest BCUT2D eigenvalue weighted by molar-refractivity contribution is 5.95. The highest BCUT2D eigenvalue weighted by Crippen LogP contribution is 2.40. The van der Waals surface area contributed by atoms with Crippen LogP contribution in [0.2, 0.25) is 0 Å². The summed E-state index contributed by atoms with van der Waals surface area (Å²) in [6.07, 6.45) is 0. The molecule has 11 rings (SSSR count). The molecule has 0 spiro atoms. The van der Waals surface area contributed by atoms with Gasteiger partial charge in [0.2, 0.25) is 0 Å². The fourth-order valence-electron chi connectivity index (χ4n) is 12.6. The SMILES string of the molecule is CC(C)(C)c1cc(-c2ccc3c#cc#cc4cc5c#cc#cc6ccc(-c7cc(C(C)(C)C)cc(C(C)(C)C)c7)cc6c#cc#cc6cc(-c7cc(C(C)(C)C)cc(C(C)(C)C)c7)ccc6c#cc#cc5cc4c#cc#cc4ccc(-c5cc(C(C)(C)C)cc(C(C)(C)C)c5)cc4c#cc#cc3c2)cc(C(C)(C)C)c1. The van der Waals surface area contributed by atoms with Gasteiger partial charge < -0.3 is 0 Å². The Labute approximate surface area is 662 Å². The predicted octanol–water partition coefficient (Wildman–Crippen LogP) is 27.6. The number of benzene rings is 9. The fourth-order valence-corrected chi connectivity index (χ4v) is 12.6. The van der Waals surface area contributed by atoms with Crippen molar-refractivity contribution < 1.29 is 0 Å². The molecular formula is C110H98. The minimum absolute atomic E-state index is 0.0801. The van der Waals surface area contributed by atoms with E-state index in [-0.39, 0.29) is 43.3 Å². The van der Waals surface area contributed by atoms with E-state index in [1.165, 1.54) is 44.5 Å². The van der Waals surface area contributed by atoms with Gasteiger partial charge in [-0.1, -0.05) is 336 Å². The van der Waals surface area contributed by atoms with E-state index in [0.717, 1.165) is 87.6 Å². The number of hydrogen-bond donors (Lipinski definition) is 0. The van der Waals surface area contributed by atoms with Crippen molar-refractivity contribution in [3.63, 3.8) is 0 Å². The third kappa shape index (κ3) is 19.5. The Balaban J connectivity index is 1.17. The van der Waals surface area contributed by atoms with Crippen molar-refractivity contribution in [2.45, 2.75) is 209 Å². The Morgan fingerprint density at radius 2 is 0.255 bits per heavy atom. The third-order valence-electron chi connectivity index (χ3n) is 20.0. The van der Waals surface area contributed by atoms with Crippen LogP contribution in [0, 0.1) is 146 Å². The molecule has 0 N–H and O–H groups in total. The van der Waals surface area contributed by atoms with E-state index < -0.39 is 0 Å². The zero-order valence-corrected chi connectivity index (χ0v) is 69.0. The standard InChI is InChI=1S/C110H98/c1-103(2,3)95-63-91(64-96(71-95)104(4,5)6)87-53-49-75-37-25-29-45-83-61-85-47-31-27-39-77-51-55-89(93-67-99(107(13,14)15)73-100(68-93)108(16,17)18)59-81(77)43-35-36-44-82-60-90(94-69-101(109(19,20)21)74-102(70-94)110(22,23)24)56-52-78(82)40-28-32-48-86(85)62-84(83)46-30-26-38-76-50-54-88(58-80(76)42-34-33-41-79(75)57-87)92-65-97(105(7,8)9)72-98(66-92)106(10,11)12/h49-74H,1-24H3. The maximum Gasteiger partial charge on any atom is 0.0425 e. The molecule has 0 aliphatic carbocycles. The molecule has 0 aliphatic rings. The highest BCUT2D eigenvalue weighted by atomic mass is 14.3. The van der Waals surface area contributed by atoms with Crippen LogP contribution in [0.4, 0.5) is 0 Å². The first-order valence-corrected chi connectivity index (χ1v) is 38.0. The van der Waals surface area contributed by atoms with E-state index >= 15 is 0 Å². The minimum atomic E-state index is -0.0801. The molecule has 0 bridgehead atoms. The van der Waals surface area contributed by atoms with E-state index in [2.05, 4.69) is 433 Å². The fraction of sp³-hybridized carbons (Fsp3) is 0.291. The van der Waals surface area contributed by atoms with Crippen molar-refractivity contribution in [3.8, 4) is 44.5 Å². The van der Waals surface area contributed by atoms with Crippen LogP contribution < -0.4 is 0 Å². The lowest BCUT2D eigenvalue weighted by atomic mass is 9.79.